The molecule has 0 bridgehead atoms. The molecule has 0 aliphatic carbocycles. The summed E-state index contributed by atoms with van der Waals surface area (Å²) in [5, 5.41) is 12.7. The van der Waals surface area contributed by atoms with Gasteiger partial charge in [0.25, 0.3) is 0 Å². The Bertz CT molecular complexity index is 388. The molecule has 1 aliphatic heterocycles. The number of esters is 1. The van der Waals surface area contributed by atoms with Gasteiger partial charge in [-0.1, -0.05) is 0 Å². The number of aliphatic hydroxyl groups is 1. The molecule has 1 aliphatic rings. The molecule has 0 spiro atoms. The Morgan fingerprint density at radius 3 is 2.95 bits per heavy atom. The summed E-state index contributed by atoms with van der Waals surface area (Å²) in [5.74, 6) is -0.601. The smallest absolute Gasteiger partial charge is 0.340 e. The van der Waals surface area contributed by atoms with Crippen LogP contribution in [0.25, 0.3) is 0 Å². The third-order valence-corrected chi connectivity index (χ3v) is 2.39. The number of aliphatic hydroxyl groups excluding tert-OH is 1. The van der Waals surface area contributed by atoms with Gasteiger partial charge in [-0.3, -0.25) is 4.99 Å². The molecule has 2 N–H and O–H groups in total. The van der Waals surface area contributed by atoms with E-state index in [2.05, 4.69) is 10.3 Å². The number of hydrogen-bond donors (Lipinski definition) is 2. The number of carbonyl (C=O) groups is 1. The fourth-order valence-corrected chi connectivity index (χ4v) is 1.47. The molecule has 19 heavy (non-hydrogen) atoms. The van der Waals surface area contributed by atoms with Crippen molar-refractivity contribution < 1.29 is 19.4 Å². The lowest BCUT2D eigenvalue weighted by atomic mass is 10.2. The highest BCUT2D eigenvalue weighted by Gasteiger charge is 2.20. The van der Waals surface area contributed by atoms with Crippen molar-refractivity contribution in [2.45, 2.75) is 33.0 Å². The van der Waals surface area contributed by atoms with Crippen LogP contribution in [0.2, 0.25) is 0 Å². The summed E-state index contributed by atoms with van der Waals surface area (Å²) in [7, 11) is 0. The average molecular weight is 268 g/mol. The van der Waals surface area contributed by atoms with Crippen LogP contribution in [0, 0.1) is 0 Å². The van der Waals surface area contributed by atoms with Crippen molar-refractivity contribution >= 4 is 12.2 Å². The van der Waals surface area contributed by atoms with Crippen LogP contribution in [0.5, 0.6) is 0 Å². The maximum Gasteiger partial charge on any atom is 0.340 e. The standard InChI is InChI=1S/C13H20N2O4/c1-3-18-12(16)11(13(17)19-4-2)9-15-10-6-5-7-14-8-10/h7-9,12,15-16H,3-6H2,1-2H3/b11-9+. The van der Waals surface area contributed by atoms with E-state index >= 15 is 0 Å². The molecule has 0 saturated carbocycles. The SMILES string of the molecule is CCOC(=O)/C(=C/NC1=CN=CCC1)C(O)OCC. The molecule has 0 aromatic carbocycles. The van der Waals surface area contributed by atoms with E-state index in [0.29, 0.717) is 6.61 Å². The molecule has 1 atom stereocenters. The highest BCUT2D eigenvalue weighted by molar-refractivity contribution is 5.89. The zero-order chi connectivity index (χ0) is 14.1. The van der Waals surface area contributed by atoms with Crippen molar-refractivity contribution in [2.24, 2.45) is 4.99 Å². The number of carbonyl (C=O) groups excluding carboxylic acids is 1. The Morgan fingerprint density at radius 1 is 1.58 bits per heavy atom. The maximum absolute atomic E-state index is 11.7. The number of ether oxygens (including phenoxy) is 2. The van der Waals surface area contributed by atoms with Gasteiger partial charge >= 0.3 is 5.97 Å². The van der Waals surface area contributed by atoms with Gasteiger partial charge in [-0.15, -0.1) is 0 Å². The minimum absolute atomic E-state index is 0.0409. The molecule has 6 nitrogen and oxygen atoms in total. The fourth-order valence-electron chi connectivity index (χ4n) is 1.47. The van der Waals surface area contributed by atoms with E-state index in [1.54, 1.807) is 20.0 Å². The van der Waals surface area contributed by atoms with Gasteiger partial charge in [0.15, 0.2) is 6.29 Å². The zero-order valence-electron chi connectivity index (χ0n) is 11.3. The maximum atomic E-state index is 11.7. The average Bonchev–Trinajstić information content (AvgIpc) is 2.41. The van der Waals surface area contributed by atoms with Crippen molar-refractivity contribution in [1.82, 2.24) is 5.32 Å². The molecule has 0 amide bonds. The molecule has 0 fully saturated rings. The summed E-state index contributed by atoms with van der Waals surface area (Å²) in [6, 6.07) is 0. The first-order valence-electron chi connectivity index (χ1n) is 6.33. The number of nitrogens with zero attached hydrogens (tertiary/aromatic N) is 1. The Balaban J connectivity index is 2.73. The second-order valence-corrected chi connectivity index (χ2v) is 3.80. The number of rotatable bonds is 7. The Kier molecular flexibility index (Phi) is 6.84. The lowest BCUT2D eigenvalue weighted by molar-refractivity contribution is -0.144. The molecule has 1 heterocycles. The number of allylic oxidation sites excluding steroid dienone is 1. The molecule has 106 valence electrons. The summed E-state index contributed by atoms with van der Waals surface area (Å²) in [5.41, 5.74) is 0.909. The lowest BCUT2D eigenvalue weighted by Crippen LogP contribution is -2.25. The van der Waals surface area contributed by atoms with Crippen LogP contribution in [0.15, 0.2) is 28.7 Å². The third kappa shape index (κ3) is 5.23. The first kappa shape index (κ1) is 15.4. The van der Waals surface area contributed by atoms with Crippen molar-refractivity contribution in [2.75, 3.05) is 13.2 Å². The van der Waals surface area contributed by atoms with Crippen molar-refractivity contribution in [3.05, 3.63) is 23.7 Å². The quantitative estimate of drug-likeness (QED) is 0.410. The van der Waals surface area contributed by atoms with Gasteiger partial charge in [-0.25, -0.2) is 4.79 Å². The molecular weight excluding hydrogens is 248 g/mol. The van der Waals surface area contributed by atoms with E-state index in [1.165, 1.54) is 6.20 Å². The van der Waals surface area contributed by atoms with Gasteiger partial charge < -0.3 is 19.9 Å². The Morgan fingerprint density at radius 2 is 2.37 bits per heavy atom. The van der Waals surface area contributed by atoms with Gasteiger partial charge in [0.1, 0.15) is 5.57 Å². The lowest BCUT2D eigenvalue weighted by Gasteiger charge is -2.15. The summed E-state index contributed by atoms with van der Waals surface area (Å²) < 4.78 is 9.88. The molecule has 0 aromatic heterocycles. The molecular formula is C13H20N2O4. The second-order valence-electron chi connectivity index (χ2n) is 3.80. The van der Waals surface area contributed by atoms with Crippen LogP contribution < -0.4 is 5.32 Å². The van der Waals surface area contributed by atoms with Crippen LogP contribution in [-0.4, -0.2) is 36.8 Å². The fraction of sp³-hybridized carbons (Fsp3) is 0.538. The first-order chi connectivity index (χ1) is 9.19. The van der Waals surface area contributed by atoms with Gasteiger partial charge in [-0.2, -0.15) is 0 Å². The molecule has 1 rings (SSSR count). The van der Waals surface area contributed by atoms with Crippen molar-refractivity contribution in [3.8, 4) is 0 Å². The van der Waals surface area contributed by atoms with Crippen LogP contribution in [0.1, 0.15) is 26.7 Å². The summed E-state index contributed by atoms with van der Waals surface area (Å²) in [4.78, 5) is 15.7. The van der Waals surface area contributed by atoms with Gasteiger partial charge in [0.2, 0.25) is 0 Å². The van der Waals surface area contributed by atoms with Crippen molar-refractivity contribution in [1.29, 1.82) is 0 Å². The highest BCUT2D eigenvalue weighted by atomic mass is 16.6. The Labute approximate surface area is 112 Å². The molecule has 6 heteroatoms. The highest BCUT2D eigenvalue weighted by Crippen LogP contribution is 2.09. The van der Waals surface area contributed by atoms with Crippen LogP contribution in [-0.2, 0) is 14.3 Å². The zero-order valence-corrected chi connectivity index (χ0v) is 11.3. The largest absolute Gasteiger partial charge is 0.462 e. The predicted molar refractivity (Wildman–Crippen MR) is 71.3 cm³/mol. The van der Waals surface area contributed by atoms with E-state index in [-0.39, 0.29) is 12.2 Å². The van der Waals surface area contributed by atoms with E-state index < -0.39 is 12.3 Å². The molecule has 0 aromatic rings. The van der Waals surface area contributed by atoms with Gasteiger partial charge in [-0.05, 0) is 26.7 Å². The van der Waals surface area contributed by atoms with E-state index in [9.17, 15) is 9.90 Å². The Hall–Kier alpha value is -1.66. The normalized spacial score (nSPS) is 16.8. The number of aliphatic imine (C=N–C) groups is 1. The van der Waals surface area contributed by atoms with Crippen LogP contribution >= 0.6 is 0 Å². The summed E-state index contributed by atoms with van der Waals surface area (Å²) in [6.07, 6.45) is 5.25. The number of nitrogens with one attached hydrogen (secondary N) is 1. The summed E-state index contributed by atoms with van der Waals surface area (Å²) >= 11 is 0. The molecule has 0 saturated heterocycles. The van der Waals surface area contributed by atoms with Crippen molar-refractivity contribution in [3.63, 3.8) is 0 Å². The van der Waals surface area contributed by atoms with Gasteiger partial charge in [0, 0.05) is 30.9 Å². The molecule has 0 radical (unpaired) electrons. The van der Waals surface area contributed by atoms with E-state index in [0.717, 1.165) is 18.5 Å². The van der Waals surface area contributed by atoms with Crippen LogP contribution in [0.3, 0.4) is 0 Å². The monoisotopic (exact) mass is 268 g/mol. The molecule has 1 unspecified atom stereocenters. The minimum Gasteiger partial charge on any atom is -0.462 e. The second kappa shape index (κ2) is 8.44. The van der Waals surface area contributed by atoms with E-state index in [4.69, 9.17) is 9.47 Å². The minimum atomic E-state index is -1.30. The first-order valence-corrected chi connectivity index (χ1v) is 6.33. The third-order valence-electron chi connectivity index (χ3n) is 2.39. The number of hydrogen-bond acceptors (Lipinski definition) is 6. The topological polar surface area (TPSA) is 80.2 Å². The summed E-state index contributed by atoms with van der Waals surface area (Å²) in [6.45, 7) is 3.97. The van der Waals surface area contributed by atoms with Gasteiger partial charge in [0.05, 0.1) is 6.61 Å². The van der Waals surface area contributed by atoms with E-state index in [1.807, 2.05) is 6.21 Å². The van der Waals surface area contributed by atoms with Crippen LogP contribution in [0.4, 0.5) is 0 Å². The predicted octanol–water partition coefficient (Wildman–Crippen LogP) is 1.08.